The number of likely N-dealkylation sites (tertiary alicyclic amines) is 1. The topological polar surface area (TPSA) is 86.3 Å². The van der Waals surface area contributed by atoms with Gasteiger partial charge in [0.15, 0.2) is 6.29 Å². The molecule has 1 amide bonds. The molecule has 0 bridgehead atoms. The van der Waals surface area contributed by atoms with Gasteiger partial charge in [0.25, 0.3) is 0 Å². The number of amides is 1. The van der Waals surface area contributed by atoms with Gasteiger partial charge in [0.1, 0.15) is 0 Å². The molecule has 0 spiro atoms. The Bertz CT molecular complexity index is 588. The van der Waals surface area contributed by atoms with Crippen LogP contribution < -0.4 is 5.32 Å². The third-order valence-corrected chi connectivity index (χ3v) is 7.14. The van der Waals surface area contributed by atoms with Gasteiger partial charge in [-0.3, -0.25) is 4.79 Å². The van der Waals surface area contributed by atoms with Crippen LogP contribution in [0, 0.1) is 18.8 Å². The van der Waals surface area contributed by atoms with Crippen LogP contribution in [-0.2, 0) is 23.7 Å². The molecule has 1 heterocycles. The zero-order chi connectivity index (χ0) is 28.6. The van der Waals surface area contributed by atoms with Crippen LogP contribution in [0.3, 0.4) is 0 Å². The van der Waals surface area contributed by atoms with E-state index in [1.807, 2.05) is 0 Å². The lowest BCUT2D eigenvalue weighted by Crippen LogP contribution is -2.32. The molecular weight excluding hydrogens is 496 g/mol. The standard InChI is InChI=1S/C31H59N2O6/c1-5-7-9-11-13-15-21-36-30(37-22-16-14-12-10-8-6-2)18-17-29(34)38-25-27(3)26-39-31(35)32-23-28-19-20-33(4)24-28/h27-28,30H,3,5-26H2,1-2,4H3,(H,32,35). The smallest absolute Gasteiger partial charge is 0.407 e. The van der Waals surface area contributed by atoms with Crippen LogP contribution in [0.5, 0.6) is 0 Å². The second kappa shape index (κ2) is 24.4. The van der Waals surface area contributed by atoms with Gasteiger partial charge < -0.3 is 29.2 Å². The number of nitrogens with one attached hydrogen (secondary N) is 1. The van der Waals surface area contributed by atoms with Gasteiger partial charge in [-0.1, -0.05) is 78.1 Å². The molecule has 0 saturated carbocycles. The summed E-state index contributed by atoms with van der Waals surface area (Å²) in [4.78, 5) is 26.5. The summed E-state index contributed by atoms with van der Waals surface area (Å²) >= 11 is 0. The quantitative estimate of drug-likeness (QED) is 0.0780. The van der Waals surface area contributed by atoms with E-state index < -0.39 is 6.09 Å². The van der Waals surface area contributed by atoms with Crippen molar-refractivity contribution in [2.75, 3.05) is 53.1 Å². The van der Waals surface area contributed by atoms with Gasteiger partial charge in [0.2, 0.25) is 0 Å². The SMILES string of the molecule is [CH2]C(COC(=O)CCC(OCCCCCCCC)OCCCCCCCC)COC(=O)NCC1CCN(C)C1. The summed E-state index contributed by atoms with van der Waals surface area (Å²) in [7, 11) is 2.08. The lowest BCUT2D eigenvalue weighted by atomic mass is 10.1. The van der Waals surface area contributed by atoms with E-state index in [0.717, 1.165) is 45.2 Å². The minimum absolute atomic E-state index is 0.106. The zero-order valence-electron chi connectivity index (χ0n) is 25.4. The summed E-state index contributed by atoms with van der Waals surface area (Å²) in [5.41, 5.74) is 0. The Morgan fingerprint density at radius 2 is 1.44 bits per heavy atom. The predicted molar refractivity (Wildman–Crippen MR) is 156 cm³/mol. The highest BCUT2D eigenvalue weighted by Gasteiger charge is 2.20. The molecule has 0 aromatic carbocycles. The minimum atomic E-state index is -0.447. The molecule has 2 atom stereocenters. The monoisotopic (exact) mass is 555 g/mol. The maximum atomic E-state index is 12.3. The maximum Gasteiger partial charge on any atom is 0.407 e. The molecular formula is C31H59N2O6. The molecule has 1 aliphatic rings. The van der Waals surface area contributed by atoms with E-state index in [2.05, 4.69) is 38.0 Å². The van der Waals surface area contributed by atoms with Crippen molar-refractivity contribution in [3.63, 3.8) is 0 Å². The molecule has 1 aliphatic heterocycles. The van der Waals surface area contributed by atoms with Crippen LogP contribution in [0.25, 0.3) is 0 Å². The molecule has 39 heavy (non-hydrogen) atoms. The molecule has 229 valence electrons. The molecule has 0 aliphatic carbocycles. The van der Waals surface area contributed by atoms with E-state index in [1.165, 1.54) is 51.4 Å². The van der Waals surface area contributed by atoms with E-state index in [0.29, 0.717) is 32.1 Å². The third-order valence-electron chi connectivity index (χ3n) is 7.14. The second-order valence-electron chi connectivity index (χ2n) is 11.2. The van der Waals surface area contributed by atoms with Gasteiger partial charge >= 0.3 is 12.1 Å². The van der Waals surface area contributed by atoms with Crippen LogP contribution in [0.4, 0.5) is 4.79 Å². The lowest BCUT2D eigenvalue weighted by Gasteiger charge is -2.19. The Morgan fingerprint density at radius 3 is 2.00 bits per heavy atom. The normalized spacial score (nSPS) is 16.5. The number of esters is 1. The molecule has 2 unspecified atom stereocenters. The molecule has 1 saturated heterocycles. The first-order valence-corrected chi connectivity index (χ1v) is 15.8. The predicted octanol–water partition coefficient (Wildman–Crippen LogP) is 6.52. The lowest BCUT2D eigenvalue weighted by molar-refractivity contribution is -0.160. The van der Waals surface area contributed by atoms with Crippen molar-refractivity contribution >= 4 is 12.1 Å². The van der Waals surface area contributed by atoms with Crippen LogP contribution in [0.1, 0.15) is 110 Å². The molecule has 1 radical (unpaired) electrons. The maximum absolute atomic E-state index is 12.3. The van der Waals surface area contributed by atoms with E-state index >= 15 is 0 Å². The fourth-order valence-electron chi connectivity index (χ4n) is 4.64. The van der Waals surface area contributed by atoms with Crippen molar-refractivity contribution in [1.29, 1.82) is 0 Å². The number of nitrogens with zero attached hydrogens (tertiary/aromatic N) is 1. The highest BCUT2D eigenvalue weighted by Crippen LogP contribution is 2.14. The van der Waals surface area contributed by atoms with Crippen LogP contribution in [0.15, 0.2) is 0 Å². The highest BCUT2D eigenvalue weighted by atomic mass is 16.7. The van der Waals surface area contributed by atoms with Crippen molar-refractivity contribution in [1.82, 2.24) is 10.2 Å². The number of carbonyl (C=O) groups is 2. The molecule has 8 nitrogen and oxygen atoms in total. The first-order chi connectivity index (χ1) is 18.9. The van der Waals surface area contributed by atoms with Crippen LogP contribution in [-0.4, -0.2) is 76.4 Å². The summed E-state index contributed by atoms with van der Waals surface area (Å²) in [6.07, 6.45) is 15.4. The Kier molecular flexibility index (Phi) is 22.3. The number of unbranched alkanes of at least 4 members (excludes halogenated alkanes) is 10. The van der Waals surface area contributed by atoms with Gasteiger partial charge in [0.05, 0.1) is 19.6 Å². The Hall–Kier alpha value is -1.38. The minimum Gasteiger partial charge on any atom is -0.465 e. The van der Waals surface area contributed by atoms with Crippen LogP contribution in [0.2, 0.25) is 0 Å². The fraction of sp³-hybridized carbons (Fsp3) is 0.903. The van der Waals surface area contributed by atoms with E-state index in [4.69, 9.17) is 18.9 Å². The number of hydrogen-bond donors (Lipinski definition) is 1. The number of carbonyl (C=O) groups excluding carboxylic acids is 2. The van der Waals surface area contributed by atoms with E-state index in [1.54, 1.807) is 0 Å². The first-order valence-electron chi connectivity index (χ1n) is 15.8. The molecule has 0 aromatic heterocycles. The van der Waals surface area contributed by atoms with Gasteiger partial charge in [-0.25, -0.2) is 4.79 Å². The van der Waals surface area contributed by atoms with E-state index in [-0.39, 0.29) is 37.8 Å². The van der Waals surface area contributed by atoms with Crippen molar-refractivity contribution in [3.8, 4) is 0 Å². The molecule has 1 rings (SSSR count). The Balaban J connectivity index is 2.21. The number of hydrogen-bond acceptors (Lipinski definition) is 7. The number of alkyl carbamates (subject to hydrolysis) is 1. The molecule has 8 heteroatoms. The number of ether oxygens (including phenoxy) is 4. The summed E-state index contributed by atoms with van der Waals surface area (Å²) in [5, 5.41) is 2.81. The Morgan fingerprint density at radius 1 is 0.872 bits per heavy atom. The van der Waals surface area contributed by atoms with Crippen LogP contribution >= 0.6 is 0 Å². The van der Waals surface area contributed by atoms with Crippen molar-refractivity contribution < 1.29 is 28.5 Å². The zero-order valence-corrected chi connectivity index (χ0v) is 25.4. The van der Waals surface area contributed by atoms with Crippen molar-refractivity contribution in [3.05, 3.63) is 6.92 Å². The molecule has 1 fully saturated rings. The molecule has 1 N–H and O–H groups in total. The summed E-state index contributed by atoms with van der Waals surface area (Å²) in [5.74, 6) is -0.164. The average Bonchev–Trinajstić information content (AvgIpc) is 3.35. The van der Waals surface area contributed by atoms with Crippen molar-refractivity contribution in [2.45, 2.75) is 116 Å². The van der Waals surface area contributed by atoms with Gasteiger partial charge in [-0.2, -0.15) is 0 Å². The largest absolute Gasteiger partial charge is 0.465 e. The second-order valence-corrected chi connectivity index (χ2v) is 11.2. The van der Waals surface area contributed by atoms with Gasteiger partial charge in [-0.05, 0) is 45.7 Å². The first kappa shape index (κ1) is 35.6. The van der Waals surface area contributed by atoms with E-state index in [9.17, 15) is 9.59 Å². The van der Waals surface area contributed by atoms with Gasteiger partial charge in [-0.15, -0.1) is 0 Å². The third kappa shape index (κ3) is 21.1. The highest BCUT2D eigenvalue weighted by molar-refractivity contribution is 5.69. The number of rotatable bonds is 25. The van der Waals surface area contributed by atoms with Gasteiger partial charge in [0, 0.05) is 38.6 Å². The molecule has 0 aromatic rings. The van der Waals surface area contributed by atoms with Crippen molar-refractivity contribution in [2.24, 2.45) is 11.8 Å². The summed E-state index contributed by atoms with van der Waals surface area (Å²) < 4.78 is 22.6. The average molecular weight is 556 g/mol. The Labute approximate surface area is 239 Å². The fourth-order valence-corrected chi connectivity index (χ4v) is 4.64. The summed E-state index contributed by atoms with van der Waals surface area (Å²) in [6.45, 7) is 12.6. The summed E-state index contributed by atoms with van der Waals surface area (Å²) in [6, 6.07) is 0.